The minimum atomic E-state index is -5.67. The zero-order chi connectivity index (χ0) is 13.4. The van der Waals surface area contributed by atoms with Gasteiger partial charge in [0, 0.05) is 8.95 Å². The van der Waals surface area contributed by atoms with Crippen LogP contribution >= 0.6 is 44.3 Å². The molecule has 1 atom stereocenters. The van der Waals surface area contributed by atoms with Gasteiger partial charge in [-0.25, -0.2) is 0 Å². The van der Waals surface area contributed by atoms with Crippen LogP contribution in [-0.2, 0) is 0 Å². The first kappa shape index (κ1) is 18.1. The second-order valence-corrected chi connectivity index (χ2v) is 4.98. The van der Waals surface area contributed by atoms with Gasteiger partial charge in [-0.2, -0.15) is 22.0 Å². The summed E-state index contributed by atoms with van der Waals surface area (Å²) in [5.74, 6) is -4.97. The Bertz CT molecular complexity index is 424. The predicted molar refractivity (Wildman–Crippen MR) is 67.0 cm³/mol. The van der Waals surface area contributed by atoms with E-state index >= 15 is 0 Å². The zero-order valence-corrected chi connectivity index (χ0v) is 12.4. The Morgan fingerprint density at radius 3 is 1.89 bits per heavy atom. The van der Waals surface area contributed by atoms with Crippen LogP contribution in [-0.4, -0.2) is 12.1 Å². The molecule has 0 unspecified atom stereocenters. The van der Waals surface area contributed by atoms with E-state index in [9.17, 15) is 22.0 Å². The second-order valence-electron chi connectivity index (χ2n) is 3.27. The number of benzene rings is 1. The highest BCUT2D eigenvalue weighted by molar-refractivity contribution is 9.13. The number of nitrogens with two attached hydrogens (primary N) is 1. The third-order valence-electron chi connectivity index (χ3n) is 2.07. The molecule has 0 amide bonds. The maximum Gasteiger partial charge on any atom is 0.455 e. The van der Waals surface area contributed by atoms with Crippen LogP contribution in [0.3, 0.4) is 0 Å². The molecule has 0 spiro atoms. The van der Waals surface area contributed by atoms with Gasteiger partial charge in [-0.15, -0.1) is 12.4 Å². The summed E-state index contributed by atoms with van der Waals surface area (Å²) in [6, 6.07) is 1.13. The average Bonchev–Trinajstić information content (AvgIpc) is 2.19. The molecule has 1 rings (SSSR count). The summed E-state index contributed by atoms with van der Waals surface area (Å²) in [6.45, 7) is 0. The maximum atomic E-state index is 13.0. The molecule has 0 aliphatic heterocycles. The number of alkyl halides is 5. The molecule has 2 N–H and O–H groups in total. The Morgan fingerprint density at radius 2 is 1.50 bits per heavy atom. The van der Waals surface area contributed by atoms with Gasteiger partial charge in [0.05, 0.1) is 0 Å². The van der Waals surface area contributed by atoms with Gasteiger partial charge in [-0.1, -0.05) is 6.07 Å². The van der Waals surface area contributed by atoms with Crippen molar-refractivity contribution in [2.24, 2.45) is 5.73 Å². The largest absolute Gasteiger partial charge is 0.455 e. The van der Waals surface area contributed by atoms with Crippen molar-refractivity contribution in [2.45, 2.75) is 18.1 Å². The molecule has 0 saturated carbocycles. The van der Waals surface area contributed by atoms with Crippen LogP contribution in [0.2, 0.25) is 0 Å². The normalized spacial score (nSPS) is 14.0. The zero-order valence-electron chi connectivity index (χ0n) is 8.44. The molecular formula is C9H7Br2ClF5N. The van der Waals surface area contributed by atoms with Crippen LogP contribution in [0.25, 0.3) is 0 Å². The fourth-order valence-electron chi connectivity index (χ4n) is 1.09. The fraction of sp³-hybridized carbons (Fsp3) is 0.333. The summed E-state index contributed by atoms with van der Waals surface area (Å²) in [4.78, 5) is 0. The van der Waals surface area contributed by atoms with Crippen LogP contribution in [0.15, 0.2) is 27.1 Å². The summed E-state index contributed by atoms with van der Waals surface area (Å²) in [6.07, 6.45) is -5.67. The molecule has 1 nitrogen and oxygen atoms in total. The standard InChI is InChI=1S/C9H6Br2F5N.ClH/c10-5-2-1-4(3-6(5)11)7(17)8(12,13)9(14,15)16;/h1-3,7H,17H2;1H/t7-;/m1./s1. The molecule has 0 aromatic heterocycles. The fourth-order valence-corrected chi connectivity index (χ4v) is 1.73. The van der Waals surface area contributed by atoms with Crippen molar-refractivity contribution in [3.8, 4) is 0 Å². The van der Waals surface area contributed by atoms with E-state index in [0.717, 1.165) is 12.1 Å². The Morgan fingerprint density at radius 1 is 1.00 bits per heavy atom. The third-order valence-corrected chi connectivity index (χ3v) is 3.95. The Kier molecular flexibility index (Phi) is 6.05. The van der Waals surface area contributed by atoms with Gasteiger partial charge >= 0.3 is 12.1 Å². The molecule has 0 bridgehead atoms. The SMILES string of the molecule is Cl.N[C@H](c1ccc(Br)c(Br)c1)C(F)(F)C(F)(F)F. The van der Waals surface area contributed by atoms with E-state index < -0.39 is 18.1 Å². The van der Waals surface area contributed by atoms with E-state index in [1.807, 2.05) is 0 Å². The van der Waals surface area contributed by atoms with Crippen molar-refractivity contribution < 1.29 is 22.0 Å². The molecular weight excluding hydrogens is 412 g/mol. The van der Waals surface area contributed by atoms with Gasteiger partial charge in [0.1, 0.15) is 6.04 Å². The van der Waals surface area contributed by atoms with E-state index in [-0.39, 0.29) is 18.0 Å². The van der Waals surface area contributed by atoms with Crippen molar-refractivity contribution in [1.29, 1.82) is 0 Å². The van der Waals surface area contributed by atoms with Gasteiger partial charge in [0.2, 0.25) is 0 Å². The molecule has 0 aliphatic rings. The average molecular weight is 419 g/mol. The van der Waals surface area contributed by atoms with Crippen molar-refractivity contribution in [1.82, 2.24) is 0 Å². The lowest BCUT2D eigenvalue weighted by atomic mass is 10.0. The van der Waals surface area contributed by atoms with E-state index in [1.54, 1.807) is 0 Å². The quantitative estimate of drug-likeness (QED) is 0.683. The predicted octanol–water partition coefficient (Wildman–Crippen LogP) is 4.83. The summed E-state index contributed by atoms with van der Waals surface area (Å²) < 4.78 is 63.1. The molecule has 1 aromatic carbocycles. The van der Waals surface area contributed by atoms with E-state index in [2.05, 4.69) is 31.9 Å². The molecule has 18 heavy (non-hydrogen) atoms. The van der Waals surface area contributed by atoms with Crippen LogP contribution in [0, 0.1) is 0 Å². The molecule has 0 saturated heterocycles. The first-order valence-corrected chi connectivity index (χ1v) is 5.81. The molecule has 0 heterocycles. The number of hydrogen-bond donors (Lipinski definition) is 1. The first-order chi connectivity index (χ1) is 7.57. The summed E-state index contributed by atoms with van der Waals surface area (Å²) >= 11 is 6.07. The minimum Gasteiger partial charge on any atom is -0.319 e. The number of hydrogen-bond acceptors (Lipinski definition) is 1. The topological polar surface area (TPSA) is 26.0 Å². The van der Waals surface area contributed by atoms with Gasteiger partial charge < -0.3 is 5.73 Å². The van der Waals surface area contributed by atoms with Crippen molar-refractivity contribution in [3.05, 3.63) is 32.7 Å². The number of halogens is 8. The van der Waals surface area contributed by atoms with Gasteiger partial charge in [0.15, 0.2) is 0 Å². The molecule has 0 aliphatic carbocycles. The lowest BCUT2D eigenvalue weighted by molar-refractivity contribution is -0.291. The van der Waals surface area contributed by atoms with Crippen molar-refractivity contribution in [3.63, 3.8) is 0 Å². The second kappa shape index (κ2) is 6.02. The maximum absolute atomic E-state index is 13.0. The highest BCUT2D eigenvalue weighted by Gasteiger charge is 2.61. The van der Waals surface area contributed by atoms with Gasteiger partial charge in [-0.3, -0.25) is 0 Å². The summed E-state index contributed by atoms with van der Waals surface area (Å²) in [5, 5.41) is 0. The highest BCUT2D eigenvalue weighted by atomic mass is 79.9. The van der Waals surface area contributed by atoms with Crippen LogP contribution in [0.1, 0.15) is 11.6 Å². The monoisotopic (exact) mass is 417 g/mol. The molecule has 9 heteroatoms. The highest BCUT2D eigenvalue weighted by Crippen LogP contribution is 2.43. The van der Waals surface area contributed by atoms with Crippen molar-refractivity contribution >= 4 is 44.3 Å². The Labute approximate surface area is 123 Å². The van der Waals surface area contributed by atoms with E-state index in [4.69, 9.17) is 5.73 Å². The van der Waals surface area contributed by atoms with Crippen LogP contribution in [0.5, 0.6) is 0 Å². The molecule has 0 radical (unpaired) electrons. The Hall–Kier alpha value is 0.0800. The lowest BCUT2D eigenvalue weighted by Gasteiger charge is -2.26. The smallest absolute Gasteiger partial charge is 0.319 e. The van der Waals surface area contributed by atoms with Crippen LogP contribution in [0.4, 0.5) is 22.0 Å². The third kappa shape index (κ3) is 3.55. The van der Waals surface area contributed by atoms with Crippen molar-refractivity contribution in [2.75, 3.05) is 0 Å². The first-order valence-electron chi connectivity index (χ1n) is 4.22. The van der Waals surface area contributed by atoms with Gasteiger partial charge in [-0.05, 0) is 49.6 Å². The van der Waals surface area contributed by atoms with E-state index in [1.165, 1.54) is 6.07 Å². The van der Waals surface area contributed by atoms with E-state index in [0.29, 0.717) is 8.95 Å². The molecule has 0 fully saturated rings. The Balaban J connectivity index is 0.00000289. The minimum absolute atomic E-state index is 0. The lowest BCUT2D eigenvalue weighted by Crippen LogP contribution is -2.45. The molecule has 104 valence electrons. The van der Waals surface area contributed by atoms with Gasteiger partial charge in [0.25, 0.3) is 0 Å². The van der Waals surface area contributed by atoms with Crippen LogP contribution < -0.4 is 5.73 Å². The summed E-state index contributed by atoms with van der Waals surface area (Å²) in [5.41, 5.74) is 4.67. The number of rotatable bonds is 2. The molecule has 1 aromatic rings. The summed E-state index contributed by atoms with van der Waals surface area (Å²) in [7, 11) is 0.